The van der Waals surface area contributed by atoms with Gasteiger partial charge in [-0.1, -0.05) is 28.1 Å². The highest BCUT2D eigenvalue weighted by Gasteiger charge is 2.29. The topological polar surface area (TPSA) is 20.2 Å². The largest absolute Gasteiger partial charge is 0.380 e. The van der Waals surface area contributed by atoms with Crippen LogP contribution in [0.5, 0.6) is 0 Å². The Morgan fingerprint density at radius 2 is 2.00 bits per heavy atom. The molecule has 2 aromatic rings. The van der Waals surface area contributed by atoms with Gasteiger partial charge in [0.15, 0.2) is 0 Å². The van der Waals surface area contributed by atoms with E-state index in [1.807, 2.05) is 42.6 Å². The van der Waals surface area contributed by atoms with Gasteiger partial charge in [-0.15, -0.1) is 11.3 Å². The molecule has 0 spiro atoms. The maximum Gasteiger partial charge on any atom is 0.122 e. The number of hydrogen-bond acceptors (Lipinski definition) is 2. The van der Waals surface area contributed by atoms with Crippen LogP contribution in [0.15, 0.2) is 44.7 Å². The van der Waals surface area contributed by atoms with E-state index in [2.05, 4.69) is 31.9 Å². The highest BCUT2D eigenvalue weighted by Crippen LogP contribution is 2.38. The molecule has 16 heavy (non-hydrogen) atoms. The minimum atomic E-state index is -0.962. The molecule has 0 saturated heterocycles. The first-order valence-electron chi connectivity index (χ1n) is 4.73. The van der Waals surface area contributed by atoms with Crippen LogP contribution in [-0.4, -0.2) is 5.11 Å². The zero-order valence-corrected chi connectivity index (χ0v) is 12.6. The summed E-state index contributed by atoms with van der Waals surface area (Å²) in [6, 6.07) is 9.69. The summed E-state index contributed by atoms with van der Waals surface area (Å²) in [4.78, 5) is 0.922. The molecule has 2 rings (SSSR count). The Hall–Kier alpha value is -0.160. The molecule has 4 heteroatoms. The Morgan fingerprint density at radius 1 is 1.25 bits per heavy atom. The molecule has 0 radical (unpaired) electrons. The fourth-order valence-corrected chi connectivity index (χ4v) is 3.80. The van der Waals surface area contributed by atoms with Crippen molar-refractivity contribution in [2.24, 2.45) is 0 Å². The summed E-state index contributed by atoms with van der Waals surface area (Å²) in [7, 11) is 0. The van der Waals surface area contributed by atoms with Crippen LogP contribution < -0.4 is 0 Å². The smallest absolute Gasteiger partial charge is 0.122 e. The van der Waals surface area contributed by atoms with Crippen molar-refractivity contribution in [3.63, 3.8) is 0 Å². The molecule has 84 valence electrons. The monoisotopic (exact) mass is 360 g/mol. The lowest BCUT2D eigenvalue weighted by molar-refractivity contribution is 0.105. The summed E-state index contributed by atoms with van der Waals surface area (Å²) in [5, 5.41) is 12.6. The molecule has 0 aliphatic heterocycles. The zero-order valence-electron chi connectivity index (χ0n) is 8.58. The van der Waals surface area contributed by atoms with E-state index in [4.69, 9.17) is 0 Å². The first-order chi connectivity index (χ1) is 7.51. The van der Waals surface area contributed by atoms with Gasteiger partial charge in [0.2, 0.25) is 0 Å². The average molecular weight is 362 g/mol. The highest BCUT2D eigenvalue weighted by molar-refractivity contribution is 9.10. The summed E-state index contributed by atoms with van der Waals surface area (Å²) in [6.07, 6.45) is 0. The van der Waals surface area contributed by atoms with Gasteiger partial charge >= 0.3 is 0 Å². The highest BCUT2D eigenvalue weighted by atomic mass is 79.9. The third-order valence-corrected chi connectivity index (χ3v) is 4.99. The molecule has 1 nitrogen and oxygen atoms in total. The van der Waals surface area contributed by atoms with E-state index in [9.17, 15) is 5.11 Å². The Morgan fingerprint density at radius 3 is 2.56 bits per heavy atom. The quantitative estimate of drug-likeness (QED) is 0.833. The molecular weight excluding hydrogens is 352 g/mol. The number of rotatable bonds is 2. The van der Waals surface area contributed by atoms with Crippen LogP contribution in [0.1, 0.15) is 17.4 Å². The molecule has 0 amide bonds. The van der Waals surface area contributed by atoms with Gasteiger partial charge in [0.1, 0.15) is 5.60 Å². The van der Waals surface area contributed by atoms with Gasteiger partial charge in [0.05, 0.1) is 4.88 Å². The van der Waals surface area contributed by atoms with Crippen molar-refractivity contribution in [1.82, 2.24) is 0 Å². The first kappa shape index (κ1) is 12.3. The number of aliphatic hydroxyl groups is 1. The van der Waals surface area contributed by atoms with Gasteiger partial charge in [-0.3, -0.25) is 0 Å². The summed E-state index contributed by atoms with van der Waals surface area (Å²) >= 11 is 8.42. The minimum absolute atomic E-state index is 0.880. The van der Waals surface area contributed by atoms with Crippen LogP contribution in [0.4, 0.5) is 0 Å². The van der Waals surface area contributed by atoms with Crippen LogP contribution in [0.3, 0.4) is 0 Å². The number of benzene rings is 1. The van der Waals surface area contributed by atoms with Gasteiger partial charge in [-0.25, -0.2) is 0 Å². The van der Waals surface area contributed by atoms with Crippen molar-refractivity contribution in [2.75, 3.05) is 0 Å². The molecule has 0 fully saturated rings. The second-order valence-electron chi connectivity index (χ2n) is 3.68. The normalized spacial score (nSPS) is 14.8. The molecule has 1 aromatic carbocycles. The SMILES string of the molecule is CC(O)(c1cccc(Br)c1)c1sccc1Br. The molecule has 0 bridgehead atoms. The van der Waals surface area contributed by atoms with Gasteiger partial charge in [-0.05, 0) is 52.0 Å². The average Bonchev–Trinajstić information content (AvgIpc) is 2.65. The Labute approximate surface area is 115 Å². The first-order valence-corrected chi connectivity index (χ1v) is 7.20. The molecule has 0 aliphatic rings. The molecule has 1 unspecified atom stereocenters. The van der Waals surface area contributed by atoms with E-state index in [0.717, 1.165) is 19.4 Å². The summed E-state index contributed by atoms with van der Waals surface area (Å²) in [5.41, 5.74) is -0.0819. The van der Waals surface area contributed by atoms with Crippen LogP contribution in [0, 0.1) is 0 Å². The van der Waals surface area contributed by atoms with Crippen molar-refractivity contribution >= 4 is 43.2 Å². The molecule has 0 saturated carbocycles. The lowest BCUT2D eigenvalue weighted by Gasteiger charge is -2.23. The van der Waals surface area contributed by atoms with Crippen molar-refractivity contribution in [3.8, 4) is 0 Å². The second-order valence-corrected chi connectivity index (χ2v) is 6.37. The van der Waals surface area contributed by atoms with E-state index < -0.39 is 5.60 Å². The predicted octanol–water partition coefficient (Wildman–Crippen LogP) is 4.53. The second kappa shape index (κ2) is 4.61. The van der Waals surface area contributed by atoms with E-state index in [1.165, 1.54) is 0 Å². The van der Waals surface area contributed by atoms with Crippen molar-refractivity contribution in [1.29, 1.82) is 0 Å². The van der Waals surface area contributed by atoms with Crippen molar-refractivity contribution in [3.05, 3.63) is 55.1 Å². The maximum atomic E-state index is 10.6. The van der Waals surface area contributed by atoms with Crippen LogP contribution in [0.2, 0.25) is 0 Å². The fraction of sp³-hybridized carbons (Fsp3) is 0.167. The summed E-state index contributed by atoms with van der Waals surface area (Å²) in [5.74, 6) is 0. The Bertz CT molecular complexity index is 505. The van der Waals surface area contributed by atoms with Crippen LogP contribution in [-0.2, 0) is 5.60 Å². The lowest BCUT2D eigenvalue weighted by atomic mass is 9.94. The van der Waals surface area contributed by atoms with E-state index in [-0.39, 0.29) is 0 Å². The van der Waals surface area contributed by atoms with Gasteiger partial charge in [-0.2, -0.15) is 0 Å². The fourth-order valence-electron chi connectivity index (χ4n) is 1.56. The summed E-state index contributed by atoms with van der Waals surface area (Å²) in [6.45, 7) is 1.81. The molecule has 1 heterocycles. The predicted molar refractivity (Wildman–Crippen MR) is 74.8 cm³/mol. The molecule has 1 N–H and O–H groups in total. The Balaban J connectivity index is 2.51. The van der Waals surface area contributed by atoms with E-state index in [1.54, 1.807) is 11.3 Å². The molecular formula is C12H10Br2OS. The third-order valence-electron chi connectivity index (χ3n) is 2.45. The lowest BCUT2D eigenvalue weighted by Crippen LogP contribution is -2.21. The third kappa shape index (κ3) is 2.25. The number of thiophene rings is 1. The van der Waals surface area contributed by atoms with Gasteiger partial charge in [0.25, 0.3) is 0 Å². The molecule has 0 aliphatic carbocycles. The minimum Gasteiger partial charge on any atom is -0.380 e. The maximum absolute atomic E-state index is 10.6. The van der Waals surface area contributed by atoms with Gasteiger partial charge < -0.3 is 5.11 Å². The number of halogens is 2. The molecule has 1 atom stereocenters. The standard InChI is InChI=1S/C12H10Br2OS/c1-12(15,11-10(14)5-6-16-11)8-3-2-4-9(13)7-8/h2-7,15H,1H3. The van der Waals surface area contributed by atoms with Crippen LogP contribution >= 0.6 is 43.2 Å². The van der Waals surface area contributed by atoms with Crippen LogP contribution in [0.25, 0.3) is 0 Å². The van der Waals surface area contributed by atoms with Crippen molar-refractivity contribution < 1.29 is 5.11 Å². The Kier molecular flexibility index (Phi) is 3.54. The van der Waals surface area contributed by atoms with Crippen molar-refractivity contribution in [2.45, 2.75) is 12.5 Å². The zero-order chi connectivity index (χ0) is 11.8. The van der Waals surface area contributed by atoms with E-state index in [0.29, 0.717) is 0 Å². The van der Waals surface area contributed by atoms with Gasteiger partial charge in [0, 0.05) is 8.95 Å². The van der Waals surface area contributed by atoms with E-state index >= 15 is 0 Å². The summed E-state index contributed by atoms with van der Waals surface area (Å²) < 4.78 is 1.92. The number of hydrogen-bond donors (Lipinski definition) is 1. The molecule has 1 aromatic heterocycles.